The molecule has 2 unspecified atom stereocenters. The van der Waals surface area contributed by atoms with Crippen LogP contribution in [0.1, 0.15) is 43.7 Å². The molecular weight excluding hydrogens is 374 g/mol. The van der Waals surface area contributed by atoms with Crippen molar-refractivity contribution < 1.29 is 4.74 Å². The van der Waals surface area contributed by atoms with Crippen molar-refractivity contribution in [2.75, 3.05) is 20.2 Å². The van der Waals surface area contributed by atoms with Gasteiger partial charge in [-0.25, -0.2) is 0 Å². The minimum Gasteiger partial charge on any atom is -0.366 e. The van der Waals surface area contributed by atoms with Crippen LogP contribution >= 0.6 is 15.9 Å². The largest absolute Gasteiger partial charge is 0.366 e. The highest BCUT2D eigenvalue weighted by Crippen LogP contribution is 2.34. The van der Waals surface area contributed by atoms with E-state index in [0.29, 0.717) is 6.04 Å². The van der Waals surface area contributed by atoms with Crippen LogP contribution in [-0.2, 0) is 10.3 Å². The Hall–Kier alpha value is -1.16. The normalized spacial score (nSPS) is 21.0. The van der Waals surface area contributed by atoms with Gasteiger partial charge in [-0.1, -0.05) is 64.8 Å². The summed E-state index contributed by atoms with van der Waals surface area (Å²) in [5, 5.41) is 0. The molecule has 0 aromatic heterocycles. The number of halogens is 1. The number of nitrogens with zero attached hydrogens (tertiary/aromatic N) is 1. The van der Waals surface area contributed by atoms with Crippen molar-refractivity contribution in [2.24, 2.45) is 0 Å². The van der Waals surface area contributed by atoms with Crippen molar-refractivity contribution in [1.82, 2.24) is 4.90 Å². The number of hydrogen-bond acceptors (Lipinski definition) is 2. The van der Waals surface area contributed by atoms with Gasteiger partial charge in [0, 0.05) is 17.1 Å². The fourth-order valence-electron chi connectivity index (χ4n) is 3.77. The highest BCUT2D eigenvalue weighted by atomic mass is 79.9. The highest BCUT2D eigenvalue weighted by molar-refractivity contribution is 9.10. The molecule has 3 heteroatoms. The number of ether oxygens (including phenoxy) is 1. The van der Waals surface area contributed by atoms with Crippen LogP contribution < -0.4 is 0 Å². The first kappa shape index (κ1) is 18.6. The van der Waals surface area contributed by atoms with Gasteiger partial charge in [-0.05, 0) is 63.0 Å². The first-order valence-electron chi connectivity index (χ1n) is 9.25. The molecule has 1 heterocycles. The number of hydrogen-bond donors (Lipinski definition) is 0. The molecule has 0 N–H and O–H groups in total. The van der Waals surface area contributed by atoms with E-state index in [2.05, 4.69) is 89.4 Å². The third-order valence-corrected chi connectivity index (χ3v) is 6.01. The molecule has 0 radical (unpaired) electrons. The Kier molecular flexibility index (Phi) is 6.32. The lowest BCUT2D eigenvalue weighted by Gasteiger charge is -2.35. The predicted molar refractivity (Wildman–Crippen MR) is 108 cm³/mol. The fraction of sp³-hybridized carbons (Fsp3) is 0.455. The number of benzene rings is 2. The maximum absolute atomic E-state index is 6.55. The zero-order chi connectivity index (χ0) is 17.7. The van der Waals surface area contributed by atoms with Crippen LogP contribution in [0.2, 0.25) is 0 Å². The standard InChI is InChI=1S/C22H28BrNO/c1-22(18-8-4-3-5-9-18,19-11-13-20(23)14-12-19)25-17-15-21-10-6-7-16-24(21)2/h3-5,8-9,11-14,21H,6-7,10,15-17H2,1-2H3. The first-order valence-corrected chi connectivity index (χ1v) is 10.0. The molecule has 0 amide bonds. The average Bonchev–Trinajstić information content (AvgIpc) is 2.64. The van der Waals surface area contributed by atoms with Crippen molar-refractivity contribution in [3.63, 3.8) is 0 Å². The van der Waals surface area contributed by atoms with Gasteiger partial charge in [0.2, 0.25) is 0 Å². The summed E-state index contributed by atoms with van der Waals surface area (Å²) in [6, 6.07) is 19.7. The molecule has 134 valence electrons. The molecule has 2 aromatic carbocycles. The third kappa shape index (κ3) is 4.52. The molecule has 1 aliphatic rings. The molecule has 2 nitrogen and oxygen atoms in total. The van der Waals surface area contributed by atoms with Gasteiger partial charge in [0.05, 0.1) is 0 Å². The van der Waals surface area contributed by atoms with E-state index in [0.717, 1.165) is 17.5 Å². The van der Waals surface area contributed by atoms with E-state index in [-0.39, 0.29) is 0 Å². The molecule has 0 spiro atoms. The van der Waals surface area contributed by atoms with Gasteiger partial charge in [0.25, 0.3) is 0 Å². The van der Waals surface area contributed by atoms with Gasteiger partial charge < -0.3 is 9.64 Å². The Bertz CT molecular complexity index is 657. The van der Waals surface area contributed by atoms with Crippen molar-refractivity contribution in [3.8, 4) is 0 Å². The summed E-state index contributed by atoms with van der Waals surface area (Å²) in [6.07, 6.45) is 5.06. The summed E-state index contributed by atoms with van der Waals surface area (Å²) in [7, 11) is 2.24. The molecule has 1 fully saturated rings. The van der Waals surface area contributed by atoms with Crippen molar-refractivity contribution >= 4 is 15.9 Å². The van der Waals surface area contributed by atoms with Crippen molar-refractivity contribution in [2.45, 2.75) is 44.2 Å². The Morgan fingerprint density at radius 2 is 1.72 bits per heavy atom. The molecule has 1 aliphatic heterocycles. The average molecular weight is 402 g/mol. The van der Waals surface area contributed by atoms with Gasteiger partial charge >= 0.3 is 0 Å². The molecule has 0 aliphatic carbocycles. The summed E-state index contributed by atoms with van der Waals surface area (Å²) in [6.45, 7) is 4.18. The summed E-state index contributed by atoms with van der Waals surface area (Å²) < 4.78 is 7.64. The second-order valence-electron chi connectivity index (χ2n) is 7.17. The van der Waals surface area contributed by atoms with E-state index < -0.39 is 5.60 Å². The van der Waals surface area contributed by atoms with Gasteiger partial charge in [-0.2, -0.15) is 0 Å². The Morgan fingerprint density at radius 1 is 1.04 bits per heavy atom. The third-order valence-electron chi connectivity index (χ3n) is 5.48. The van der Waals surface area contributed by atoms with Crippen molar-refractivity contribution in [3.05, 3.63) is 70.2 Å². The Labute approximate surface area is 160 Å². The number of rotatable bonds is 6. The smallest absolute Gasteiger partial charge is 0.115 e. The monoisotopic (exact) mass is 401 g/mol. The molecular formula is C22H28BrNO. The molecule has 25 heavy (non-hydrogen) atoms. The maximum Gasteiger partial charge on any atom is 0.115 e. The predicted octanol–water partition coefficient (Wildman–Crippen LogP) is 5.60. The van der Waals surface area contributed by atoms with Crippen molar-refractivity contribution in [1.29, 1.82) is 0 Å². The summed E-state index contributed by atoms with van der Waals surface area (Å²) in [5.41, 5.74) is 1.98. The van der Waals surface area contributed by atoms with Gasteiger partial charge in [0.1, 0.15) is 5.60 Å². The van der Waals surface area contributed by atoms with Crippen LogP contribution in [0.15, 0.2) is 59.1 Å². The van der Waals surface area contributed by atoms with Crippen LogP contribution in [0.5, 0.6) is 0 Å². The molecule has 2 atom stereocenters. The second kappa shape index (κ2) is 8.48. The van der Waals surface area contributed by atoms with Crippen LogP contribution in [0.4, 0.5) is 0 Å². The van der Waals surface area contributed by atoms with Gasteiger partial charge in [-0.3, -0.25) is 0 Å². The quantitative estimate of drug-likeness (QED) is 0.623. The topological polar surface area (TPSA) is 12.5 Å². The van der Waals surface area contributed by atoms with Crippen LogP contribution in [-0.4, -0.2) is 31.1 Å². The summed E-state index contributed by atoms with van der Waals surface area (Å²) in [4.78, 5) is 2.49. The van der Waals surface area contributed by atoms with E-state index in [9.17, 15) is 0 Å². The van der Waals surface area contributed by atoms with Crippen LogP contribution in [0.3, 0.4) is 0 Å². The zero-order valence-electron chi connectivity index (χ0n) is 15.2. The van der Waals surface area contributed by atoms with E-state index in [1.165, 1.54) is 36.9 Å². The maximum atomic E-state index is 6.55. The number of likely N-dealkylation sites (tertiary alicyclic amines) is 1. The lowest BCUT2D eigenvalue weighted by molar-refractivity contribution is -0.0161. The molecule has 0 bridgehead atoms. The van der Waals surface area contributed by atoms with Gasteiger partial charge in [0.15, 0.2) is 0 Å². The molecule has 3 rings (SSSR count). The molecule has 0 saturated carbocycles. The summed E-state index contributed by atoms with van der Waals surface area (Å²) >= 11 is 3.53. The Morgan fingerprint density at radius 3 is 2.40 bits per heavy atom. The highest BCUT2D eigenvalue weighted by Gasteiger charge is 2.30. The molecule has 1 saturated heterocycles. The minimum atomic E-state index is -0.421. The lowest BCUT2D eigenvalue weighted by atomic mass is 9.88. The van der Waals surface area contributed by atoms with Crippen LogP contribution in [0, 0.1) is 0 Å². The second-order valence-corrected chi connectivity index (χ2v) is 8.09. The number of piperidine rings is 1. The van der Waals surface area contributed by atoms with Crippen LogP contribution in [0.25, 0.3) is 0 Å². The lowest BCUT2D eigenvalue weighted by Crippen LogP contribution is -2.38. The zero-order valence-corrected chi connectivity index (χ0v) is 16.8. The van der Waals surface area contributed by atoms with E-state index in [4.69, 9.17) is 4.74 Å². The first-order chi connectivity index (χ1) is 12.1. The van der Waals surface area contributed by atoms with Gasteiger partial charge in [-0.15, -0.1) is 0 Å². The van der Waals surface area contributed by atoms with E-state index in [1.807, 2.05) is 0 Å². The SMILES string of the molecule is CN1CCCCC1CCOC(C)(c1ccccc1)c1ccc(Br)cc1. The van der Waals surface area contributed by atoms with E-state index >= 15 is 0 Å². The van der Waals surface area contributed by atoms with E-state index in [1.54, 1.807) is 0 Å². The minimum absolute atomic E-state index is 0.421. The molecule has 2 aromatic rings. The summed E-state index contributed by atoms with van der Waals surface area (Å²) in [5.74, 6) is 0. The Balaban J connectivity index is 1.76. The fourth-order valence-corrected chi connectivity index (χ4v) is 4.03.